The number of hydrogen-bond donors (Lipinski definition) is 1. The van der Waals surface area contributed by atoms with Crippen LogP contribution in [0.5, 0.6) is 11.5 Å². The molecular weight excluding hydrogens is 485 g/mol. The fourth-order valence-corrected chi connectivity index (χ4v) is 4.94. The lowest BCUT2D eigenvalue weighted by Gasteiger charge is -2.37. The summed E-state index contributed by atoms with van der Waals surface area (Å²) in [6.45, 7) is 3.03. The first-order valence-electron chi connectivity index (χ1n) is 12.3. The molecule has 3 heterocycles. The van der Waals surface area contributed by atoms with Crippen molar-refractivity contribution in [2.24, 2.45) is 0 Å². The Morgan fingerprint density at radius 1 is 1.03 bits per heavy atom. The van der Waals surface area contributed by atoms with E-state index >= 15 is 0 Å². The van der Waals surface area contributed by atoms with Gasteiger partial charge in [0.05, 0.1) is 17.6 Å². The fourth-order valence-electron chi connectivity index (χ4n) is 4.76. The Labute approximate surface area is 214 Å². The predicted molar refractivity (Wildman–Crippen MR) is 137 cm³/mol. The first-order valence-corrected chi connectivity index (χ1v) is 12.6. The van der Waals surface area contributed by atoms with Gasteiger partial charge in [-0.05, 0) is 43.5 Å². The molecule has 8 nitrogen and oxygen atoms in total. The minimum atomic E-state index is -0.487. The van der Waals surface area contributed by atoms with E-state index in [9.17, 15) is 9.18 Å². The topological polar surface area (TPSA) is 79.8 Å². The van der Waals surface area contributed by atoms with E-state index in [-0.39, 0.29) is 17.2 Å². The van der Waals surface area contributed by atoms with Crippen molar-refractivity contribution >= 4 is 40.0 Å². The molecule has 2 fully saturated rings. The fraction of sp³-hybridized carbons (Fsp3) is 0.423. The molecule has 1 N–H and O–H groups in total. The van der Waals surface area contributed by atoms with Crippen molar-refractivity contribution in [3.8, 4) is 11.5 Å². The van der Waals surface area contributed by atoms with Crippen LogP contribution in [0.25, 0.3) is 10.9 Å². The molecule has 0 bridgehead atoms. The van der Waals surface area contributed by atoms with Gasteiger partial charge in [-0.3, -0.25) is 0 Å². The quantitative estimate of drug-likeness (QED) is 0.476. The van der Waals surface area contributed by atoms with Gasteiger partial charge in [0.15, 0.2) is 11.5 Å². The van der Waals surface area contributed by atoms with E-state index in [1.807, 2.05) is 21.9 Å². The Morgan fingerprint density at radius 2 is 1.78 bits per heavy atom. The summed E-state index contributed by atoms with van der Waals surface area (Å²) in [5.74, 6) is 1.21. The number of methoxy groups -OCH3 is 1. The molecule has 1 aromatic heterocycles. The smallest absolute Gasteiger partial charge is 0.320 e. The molecule has 2 aliphatic rings. The van der Waals surface area contributed by atoms with Crippen molar-refractivity contribution < 1.29 is 18.7 Å². The Balaban J connectivity index is 1.31. The van der Waals surface area contributed by atoms with Crippen LogP contribution in [0.2, 0.25) is 5.02 Å². The molecule has 0 radical (unpaired) electrons. The van der Waals surface area contributed by atoms with Gasteiger partial charge in [-0.25, -0.2) is 19.2 Å². The summed E-state index contributed by atoms with van der Waals surface area (Å²) in [5.41, 5.74) is 1.28. The number of ether oxygens (including phenoxy) is 2. The Morgan fingerprint density at radius 3 is 2.50 bits per heavy atom. The van der Waals surface area contributed by atoms with Crippen molar-refractivity contribution in [2.75, 3.05) is 38.6 Å². The van der Waals surface area contributed by atoms with E-state index < -0.39 is 5.82 Å². The minimum absolute atomic E-state index is 0.0224. The number of urea groups is 1. The van der Waals surface area contributed by atoms with E-state index in [0.29, 0.717) is 41.6 Å². The number of carbonyl (C=O) groups excluding carboxylic acids is 1. The van der Waals surface area contributed by atoms with Gasteiger partial charge in [0.25, 0.3) is 0 Å². The van der Waals surface area contributed by atoms with Gasteiger partial charge in [0, 0.05) is 56.2 Å². The van der Waals surface area contributed by atoms with Crippen LogP contribution in [0.1, 0.15) is 32.1 Å². The van der Waals surface area contributed by atoms with Gasteiger partial charge in [-0.1, -0.05) is 11.6 Å². The van der Waals surface area contributed by atoms with Crippen LogP contribution < -0.4 is 14.8 Å². The molecule has 190 valence electrons. The van der Waals surface area contributed by atoms with Gasteiger partial charge in [0.1, 0.15) is 24.1 Å². The standard InChI is InChI=1S/C26H29ClFN5O3/c1-35-23-15-22-19(25(30-16-29-22)31-17-5-6-21(28)20(27)13-17)14-24(23)36-18-7-11-33(12-8-18)26(34)32-9-3-2-4-10-32/h5-6,13-16,18H,2-4,7-12H2,1H3,(H,29,30,31). The zero-order chi connectivity index (χ0) is 25.1. The van der Waals surface area contributed by atoms with Crippen LogP contribution >= 0.6 is 11.6 Å². The third kappa shape index (κ3) is 5.26. The highest BCUT2D eigenvalue weighted by molar-refractivity contribution is 6.31. The van der Waals surface area contributed by atoms with Crippen LogP contribution in [0.3, 0.4) is 0 Å². The molecule has 0 saturated carbocycles. The summed E-state index contributed by atoms with van der Waals surface area (Å²) in [4.78, 5) is 25.5. The maximum Gasteiger partial charge on any atom is 0.320 e. The number of piperidine rings is 2. The van der Waals surface area contributed by atoms with Crippen molar-refractivity contribution in [2.45, 2.75) is 38.2 Å². The largest absolute Gasteiger partial charge is 0.493 e. The third-order valence-electron chi connectivity index (χ3n) is 6.74. The number of fused-ring (bicyclic) bond motifs is 1. The average molecular weight is 514 g/mol. The molecule has 2 aromatic carbocycles. The van der Waals surface area contributed by atoms with Gasteiger partial charge in [0.2, 0.25) is 0 Å². The molecule has 0 unspecified atom stereocenters. The number of nitrogens with one attached hydrogen (secondary N) is 1. The number of likely N-dealkylation sites (tertiary alicyclic amines) is 2. The lowest BCUT2D eigenvalue weighted by atomic mass is 10.1. The Bertz CT molecular complexity index is 1250. The van der Waals surface area contributed by atoms with E-state index in [1.165, 1.54) is 24.9 Å². The second kappa shape index (κ2) is 10.7. The van der Waals surface area contributed by atoms with E-state index in [0.717, 1.165) is 44.2 Å². The number of carbonyl (C=O) groups is 1. The van der Waals surface area contributed by atoms with Gasteiger partial charge in [-0.15, -0.1) is 0 Å². The lowest BCUT2D eigenvalue weighted by molar-refractivity contribution is 0.0898. The maximum absolute atomic E-state index is 13.6. The summed E-state index contributed by atoms with van der Waals surface area (Å²) in [6, 6.07) is 8.20. The number of amides is 2. The first-order chi connectivity index (χ1) is 17.5. The van der Waals surface area contributed by atoms with Crippen LogP contribution in [0.4, 0.5) is 20.7 Å². The second-order valence-corrected chi connectivity index (χ2v) is 9.54. The minimum Gasteiger partial charge on any atom is -0.493 e. The number of anilines is 2. The summed E-state index contributed by atoms with van der Waals surface area (Å²) in [6.07, 6.45) is 6.26. The molecule has 10 heteroatoms. The predicted octanol–water partition coefficient (Wildman–Crippen LogP) is 5.62. The van der Waals surface area contributed by atoms with Crippen molar-refractivity contribution in [1.29, 1.82) is 0 Å². The molecule has 2 amide bonds. The molecule has 0 aliphatic carbocycles. The average Bonchev–Trinajstić information content (AvgIpc) is 2.91. The number of benzene rings is 2. The SMILES string of the molecule is COc1cc2ncnc(Nc3ccc(F)c(Cl)c3)c2cc1OC1CCN(C(=O)N2CCCCC2)CC1. The third-order valence-corrected chi connectivity index (χ3v) is 7.03. The zero-order valence-corrected chi connectivity index (χ0v) is 20.9. The van der Waals surface area contributed by atoms with E-state index in [4.69, 9.17) is 21.1 Å². The highest BCUT2D eigenvalue weighted by Gasteiger charge is 2.28. The first kappa shape index (κ1) is 24.4. The van der Waals surface area contributed by atoms with Crippen LogP contribution in [0.15, 0.2) is 36.7 Å². The van der Waals surface area contributed by atoms with Crippen molar-refractivity contribution in [3.05, 3.63) is 47.5 Å². The lowest BCUT2D eigenvalue weighted by Crippen LogP contribution is -2.49. The van der Waals surface area contributed by atoms with Crippen molar-refractivity contribution in [3.63, 3.8) is 0 Å². The van der Waals surface area contributed by atoms with Crippen LogP contribution in [-0.4, -0.2) is 65.2 Å². The number of nitrogens with zero attached hydrogens (tertiary/aromatic N) is 4. The van der Waals surface area contributed by atoms with Gasteiger partial charge >= 0.3 is 6.03 Å². The molecule has 2 aliphatic heterocycles. The van der Waals surface area contributed by atoms with Crippen LogP contribution in [0, 0.1) is 5.82 Å². The zero-order valence-electron chi connectivity index (χ0n) is 20.2. The number of hydrogen-bond acceptors (Lipinski definition) is 6. The molecule has 36 heavy (non-hydrogen) atoms. The number of aromatic nitrogens is 2. The molecule has 5 rings (SSSR count). The molecule has 3 aromatic rings. The monoisotopic (exact) mass is 513 g/mol. The summed E-state index contributed by atoms with van der Waals surface area (Å²) in [7, 11) is 1.59. The molecule has 2 saturated heterocycles. The van der Waals surface area contributed by atoms with E-state index in [2.05, 4.69) is 15.3 Å². The summed E-state index contributed by atoms with van der Waals surface area (Å²) < 4.78 is 25.5. The molecule has 0 spiro atoms. The van der Waals surface area contributed by atoms with Crippen molar-refractivity contribution in [1.82, 2.24) is 19.8 Å². The normalized spacial score (nSPS) is 16.8. The Hall–Kier alpha value is -3.33. The number of halogens is 2. The molecular formula is C26H29ClFN5O3. The van der Waals surface area contributed by atoms with Gasteiger partial charge in [-0.2, -0.15) is 0 Å². The Kier molecular flexibility index (Phi) is 7.27. The van der Waals surface area contributed by atoms with Crippen LogP contribution in [-0.2, 0) is 0 Å². The highest BCUT2D eigenvalue weighted by Crippen LogP contribution is 2.36. The summed E-state index contributed by atoms with van der Waals surface area (Å²) >= 11 is 5.93. The summed E-state index contributed by atoms with van der Waals surface area (Å²) in [5, 5.41) is 3.94. The number of rotatable bonds is 5. The second-order valence-electron chi connectivity index (χ2n) is 9.13. The van der Waals surface area contributed by atoms with E-state index in [1.54, 1.807) is 13.2 Å². The maximum atomic E-state index is 13.6. The van der Waals surface area contributed by atoms with Gasteiger partial charge < -0.3 is 24.6 Å². The highest BCUT2D eigenvalue weighted by atomic mass is 35.5. The molecule has 0 atom stereocenters.